The maximum Gasteiger partial charge on any atom is 0.410 e. The Morgan fingerprint density at radius 3 is 2.39 bits per heavy atom. The summed E-state index contributed by atoms with van der Waals surface area (Å²) in [7, 11) is 1.85. The summed E-state index contributed by atoms with van der Waals surface area (Å²) < 4.78 is 5.69. The van der Waals surface area contributed by atoms with Gasteiger partial charge in [0.2, 0.25) is 0 Å². The third kappa shape index (κ3) is 8.97. The van der Waals surface area contributed by atoms with E-state index < -0.39 is 5.60 Å². The largest absolute Gasteiger partial charge is 0.444 e. The summed E-state index contributed by atoms with van der Waals surface area (Å²) in [6.07, 6.45) is 7.56. The SMILES string of the molecule is CN=C(NCCCSC)N1CCC(N(CC2CC2)C(=O)OC(C)(C)C)CC1.I. The average molecular weight is 527 g/mol. The van der Waals surface area contributed by atoms with Gasteiger partial charge in [-0.25, -0.2) is 4.79 Å². The van der Waals surface area contributed by atoms with Crippen molar-refractivity contribution in [2.75, 3.05) is 45.2 Å². The van der Waals surface area contributed by atoms with Crippen molar-refractivity contribution < 1.29 is 9.53 Å². The number of hydrogen-bond donors (Lipinski definition) is 1. The van der Waals surface area contributed by atoms with Gasteiger partial charge in [0, 0.05) is 39.3 Å². The number of carbonyl (C=O) groups excluding carboxylic acids is 1. The van der Waals surface area contributed by atoms with Crippen LogP contribution in [0.2, 0.25) is 0 Å². The number of aliphatic imine (C=N–C) groups is 1. The van der Waals surface area contributed by atoms with Gasteiger partial charge in [0.15, 0.2) is 5.96 Å². The van der Waals surface area contributed by atoms with Crippen LogP contribution in [0.3, 0.4) is 0 Å². The van der Waals surface area contributed by atoms with E-state index in [1.807, 2.05) is 44.5 Å². The summed E-state index contributed by atoms with van der Waals surface area (Å²) in [4.78, 5) is 21.5. The molecule has 0 aromatic rings. The molecule has 164 valence electrons. The minimum absolute atomic E-state index is 0. The van der Waals surface area contributed by atoms with Crippen molar-refractivity contribution in [3.63, 3.8) is 0 Å². The van der Waals surface area contributed by atoms with E-state index in [2.05, 4.69) is 21.5 Å². The molecule has 0 atom stereocenters. The van der Waals surface area contributed by atoms with Gasteiger partial charge in [0.05, 0.1) is 0 Å². The fraction of sp³-hybridized carbons (Fsp3) is 0.900. The van der Waals surface area contributed by atoms with Gasteiger partial charge in [-0.2, -0.15) is 11.8 Å². The number of rotatable bonds is 7. The quantitative estimate of drug-likeness (QED) is 0.235. The lowest BCUT2D eigenvalue weighted by Crippen LogP contribution is -2.52. The predicted octanol–water partition coefficient (Wildman–Crippen LogP) is 4.04. The topological polar surface area (TPSA) is 57.2 Å². The number of halogens is 1. The van der Waals surface area contributed by atoms with E-state index >= 15 is 0 Å². The van der Waals surface area contributed by atoms with E-state index in [0.717, 1.165) is 57.2 Å². The summed E-state index contributed by atoms with van der Waals surface area (Å²) in [6, 6.07) is 0.270. The summed E-state index contributed by atoms with van der Waals surface area (Å²) in [6.45, 7) is 9.48. The molecule has 1 heterocycles. The Hall–Kier alpha value is -0.380. The molecule has 8 heteroatoms. The van der Waals surface area contributed by atoms with Crippen LogP contribution in [-0.2, 0) is 4.74 Å². The number of piperidine rings is 1. The van der Waals surface area contributed by atoms with E-state index in [9.17, 15) is 4.79 Å². The van der Waals surface area contributed by atoms with Crippen LogP contribution < -0.4 is 5.32 Å². The van der Waals surface area contributed by atoms with Crippen molar-refractivity contribution in [1.82, 2.24) is 15.1 Å². The number of carbonyl (C=O) groups is 1. The van der Waals surface area contributed by atoms with Crippen LogP contribution in [0.25, 0.3) is 0 Å². The standard InChI is InChI=1S/C20H38N4O2S.HI/c1-20(2,3)26-19(25)24(15-16-7-8-16)17-9-12-23(13-10-17)18(21-4)22-11-6-14-27-5;/h16-17H,6-15H2,1-5H3,(H,21,22);1H. The number of hydrogen-bond acceptors (Lipinski definition) is 4. The molecule has 0 unspecified atom stereocenters. The molecular weight excluding hydrogens is 487 g/mol. The highest BCUT2D eigenvalue weighted by Gasteiger charge is 2.35. The zero-order chi connectivity index (χ0) is 19.9. The number of thioether (sulfide) groups is 1. The van der Waals surface area contributed by atoms with E-state index in [4.69, 9.17) is 4.74 Å². The van der Waals surface area contributed by atoms with Crippen molar-refractivity contribution >= 4 is 47.8 Å². The number of amides is 1. The number of likely N-dealkylation sites (tertiary alicyclic amines) is 1. The molecule has 1 aliphatic heterocycles. The Kier molecular flexibility index (Phi) is 11.3. The number of guanidine groups is 1. The van der Waals surface area contributed by atoms with Crippen LogP contribution in [0.5, 0.6) is 0 Å². The first kappa shape index (κ1) is 25.7. The third-order valence-corrected chi connectivity index (χ3v) is 5.70. The molecule has 2 fully saturated rings. The predicted molar refractivity (Wildman–Crippen MR) is 130 cm³/mol. The molecule has 1 N–H and O–H groups in total. The first-order chi connectivity index (χ1) is 12.8. The second-order valence-corrected chi connectivity index (χ2v) is 9.60. The van der Waals surface area contributed by atoms with Gasteiger partial charge >= 0.3 is 6.09 Å². The Bertz CT molecular complexity index is 501. The maximum absolute atomic E-state index is 12.7. The van der Waals surface area contributed by atoms with Gasteiger partial charge in [0.25, 0.3) is 0 Å². The highest BCUT2D eigenvalue weighted by atomic mass is 127. The minimum Gasteiger partial charge on any atom is -0.444 e. The lowest BCUT2D eigenvalue weighted by atomic mass is 10.0. The van der Waals surface area contributed by atoms with Gasteiger partial charge in [-0.1, -0.05) is 0 Å². The first-order valence-electron chi connectivity index (χ1n) is 10.3. The Morgan fingerprint density at radius 1 is 1.25 bits per heavy atom. The fourth-order valence-corrected chi connectivity index (χ4v) is 3.84. The molecule has 1 saturated carbocycles. The highest BCUT2D eigenvalue weighted by molar-refractivity contribution is 14.0. The van der Waals surface area contributed by atoms with E-state index in [-0.39, 0.29) is 36.1 Å². The zero-order valence-electron chi connectivity index (χ0n) is 18.2. The van der Waals surface area contributed by atoms with Crippen molar-refractivity contribution in [2.24, 2.45) is 10.9 Å². The van der Waals surface area contributed by atoms with E-state index in [1.54, 1.807) is 0 Å². The monoisotopic (exact) mass is 526 g/mol. The third-order valence-electron chi connectivity index (χ3n) is 5.00. The van der Waals surface area contributed by atoms with Crippen LogP contribution in [0, 0.1) is 5.92 Å². The molecule has 1 amide bonds. The summed E-state index contributed by atoms with van der Waals surface area (Å²) in [5.41, 5.74) is -0.442. The van der Waals surface area contributed by atoms with Crippen LogP contribution in [0.15, 0.2) is 4.99 Å². The molecule has 2 aliphatic rings. The van der Waals surface area contributed by atoms with Gasteiger partial charge in [0.1, 0.15) is 5.60 Å². The molecule has 0 aromatic carbocycles. The number of ether oxygens (including phenoxy) is 1. The molecule has 0 bridgehead atoms. The Morgan fingerprint density at radius 2 is 1.89 bits per heavy atom. The molecule has 0 aromatic heterocycles. The highest BCUT2D eigenvalue weighted by Crippen LogP contribution is 2.32. The second-order valence-electron chi connectivity index (χ2n) is 8.61. The second kappa shape index (κ2) is 12.3. The molecule has 0 spiro atoms. The fourth-order valence-electron chi connectivity index (χ4n) is 3.41. The van der Waals surface area contributed by atoms with Gasteiger partial charge < -0.3 is 19.9 Å². The van der Waals surface area contributed by atoms with Gasteiger partial charge in [-0.15, -0.1) is 24.0 Å². The Labute approximate surface area is 192 Å². The van der Waals surface area contributed by atoms with Crippen molar-refractivity contribution in [1.29, 1.82) is 0 Å². The maximum atomic E-state index is 12.7. The smallest absolute Gasteiger partial charge is 0.410 e. The summed E-state index contributed by atoms with van der Waals surface area (Å²) in [5.74, 6) is 2.82. The number of nitrogens with zero attached hydrogens (tertiary/aromatic N) is 3. The average Bonchev–Trinajstić information content (AvgIpc) is 3.43. The van der Waals surface area contributed by atoms with Gasteiger partial charge in [-0.3, -0.25) is 4.99 Å². The normalized spacial score (nSPS) is 18.5. The molecule has 28 heavy (non-hydrogen) atoms. The van der Waals surface area contributed by atoms with Crippen LogP contribution in [0.1, 0.15) is 52.9 Å². The molecule has 2 rings (SSSR count). The van der Waals surface area contributed by atoms with Crippen molar-refractivity contribution in [3.8, 4) is 0 Å². The van der Waals surface area contributed by atoms with Crippen molar-refractivity contribution in [3.05, 3.63) is 0 Å². The molecule has 1 saturated heterocycles. The van der Waals surface area contributed by atoms with Crippen LogP contribution in [0.4, 0.5) is 4.79 Å². The first-order valence-corrected chi connectivity index (χ1v) is 11.7. The zero-order valence-corrected chi connectivity index (χ0v) is 21.3. The lowest BCUT2D eigenvalue weighted by molar-refractivity contribution is 0.00928. The van der Waals surface area contributed by atoms with Crippen LogP contribution >= 0.6 is 35.7 Å². The molecule has 1 aliphatic carbocycles. The van der Waals surface area contributed by atoms with Gasteiger partial charge in [-0.05, 0) is 70.8 Å². The van der Waals surface area contributed by atoms with Crippen molar-refractivity contribution in [2.45, 2.75) is 64.5 Å². The van der Waals surface area contributed by atoms with Crippen LogP contribution in [-0.4, -0.2) is 78.7 Å². The minimum atomic E-state index is -0.442. The van der Waals surface area contributed by atoms with E-state index in [0.29, 0.717) is 5.92 Å². The number of nitrogens with one attached hydrogen (secondary N) is 1. The van der Waals surface area contributed by atoms with E-state index in [1.165, 1.54) is 12.8 Å². The summed E-state index contributed by atoms with van der Waals surface area (Å²) in [5, 5.41) is 3.47. The molecule has 0 radical (unpaired) electrons. The Balaban J connectivity index is 0.00000392. The molecular formula is C20H39IN4O2S. The lowest BCUT2D eigenvalue weighted by Gasteiger charge is -2.40. The molecule has 6 nitrogen and oxygen atoms in total. The summed E-state index contributed by atoms with van der Waals surface area (Å²) >= 11 is 1.87.